The smallest absolute Gasteiger partial charge is 0.243 e. The van der Waals surface area contributed by atoms with Crippen molar-refractivity contribution in [2.45, 2.75) is 18.4 Å². The van der Waals surface area contributed by atoms with Crippen molar-refractivity contribution in [2.75, 3.05) is 32.7 Å². The van der Waals surface area contributed by atoms with Gasteiger partial charge in [-0.05, 0) is 35.4 Å². The summed E-state index contributed by atoms with van der Waals surface area (Å²) in [5.74, 6) is -0.0496. The number of amides is 1. The van der Waals surface area contributed by atoms with Gasteiger partial charge in [-0.1, -0.05) is 60.2 Å². The van der Waals surface area contributed by atoms with E-state index in [9.17, 15) is 13.2 Å². The number of hydrogen-bond acceptors (Lipinski definition) is 4. The Morgan fingerprint density at radius 3 is 2.29 bits per heavy atom. The maximum atomic E-state index is 13.1. The predicted octanol–water partition coefficient (Wildman–Crippen LogP) is 2.77. The average Bonchev–Trinajstić information content (AvgIpc) is 2.79. The van der Waals surface area contributed by atoms with Crippen molar-refractivity contribution in [1.82, 2.24) is 14.5 Å². The van der Waals surface area contributed by atoms with Gasteiger partial charge in [-0.25, -0.2) is 8.42 Å². The molecule has 4 rings (SSSR count). The lowest BCUT2D eigenvalue weighted by molar-refractivity contribution is -0.122. The van der Waals surface area contributed by atoms with Gasteiger partial charge in [0, 0.05) is 32.7 Å². The number of aryl methyl sites for hydroxylation is 1. The molecule has 1 amide bonds. The van der Waals surface area contributed by atoms with Gasteiger partial charge < -0.3 is 5.32 Å². The van der Waals surface area contributed by atoms with Crippen LogP contribution in [0.5, 0.6) is 0 Å². The summed E-state index contributed by atoms with van der Waals surface area (Å²) in [5.41, 5.74) is 2.25. The summed E-state index contributed by atoms with van der Waals surface area (Å²) in [6.45, 7) is 4.61. The number of nitrogens with zero attached hydrogens (tertiary/aromatic N) is 2. The zero-order valence-corrected chi connectivity index (χ0v) is 18.4. The van der Waals surface area contributed by atoms with Crippen LogP contribution in [0.4, 0.5) is 0 Å². The van der Waals surface area contributed by atoms with Gasteiger partial charge in [0.25, 0.3) is 0 Å². The Morgan fingerprint density at radius 2 is 1.58 bits per heavy atom. The lowest BCUT2D eigenvalue weighted by Gasteiger charge is -2.33. The minimum Gasteiger partial charge on any atom is -0.351 e. The fourth-order valence-electron chi connectivity index (χ4n) is 3.77. The Kier molecular flexibility index (Phi) is 6.36. The van der Waals surface area contributed by atoms with Crippen LogP contribution in [0, 0.1) is 6.92 Å². The molecule has 0 aromatic heterocycles. The Labute approximate surface area is 183 Å². The second-order valence-corrected chi connectivity index (χ2v) is 9.89. The summed E-state index contributed by atoms with van der Waals surface area (Å²) in [6, 6.07) is 21.0. The highest BCUT2D eigenvalue weighted by atomic mass is 32.2. The first-order chi connectivity index (χ1) is 14.9. The Hall–Kier alpha value is -2.74. The first-order valence-electron chi connectivity index (χ1n) is 10.5. The molecular weight excluding hydrogens is 410 g/mol. The van der Waals surface area contributed by atoms with Crippen LogP contribution in [0.3, 0.4) is 0 Å². The van der Waals surface area contributed by atoms with Gasteiger partial charge in [0.2, 0.25) is 15.9 Å². The van der Waals surface area contributed by atoms with E-state index >= 15 is 0 Å². The number of benzene rings is 3. The summed E-state index contributed by atoms with van der Waals surface area (Å²) < 4.78 is 27.7. The molecule has 0 radical (unpaired) electrons. The van der Waals surface area contributed by atoms with Gasteiger partial charge in [0.05, 0.1) is 11.4 Å². The van der Waals surface area contributed by atoms with Crippen LogP contribution in [-0.2, 0) is 21.4 Å². The molecule has 0 spiro atoms. The van der Waals surface area contributed by atoms with E-state index in [4.69, 9.17) is 0 Å². The molecule has 3 aromatic carbocycles. The molecule has 162 valence electrons. The van der Waals surface area contributed by atoms with Crippen LogP contribution >= 0.6 is 0 Å². The second kappa shape index (κ2) is 9.18. The van der Waals surface area contributed by atoms with E-state index in [1.54, 1.807) is 12.1 Å². The molecule has 0 saturated carbocycles. The van der Waals surface area contributed by atoms with Crippen molar-refractivity contribution >= 4 is 26.7 Å². The lowest BCUT2D eigenvalue weighted by Crippen LogP contribution is -2.50. The quantitative estimate of drug-likeness (QED) is 0.644. The van der Waals surface area contributed by atoms with Gasteiger partial charge in [-0.15, -0.1) is 0 Å². The molecular formula is C24H27N3O3S. The molecule has 1 aliphatic heterocycles. The summed E-state index contributed by atoms with van der Waals surface area (Å²) >= 11 is 0. The van der Waals surface area contributed by atoms with Crippen molar-refractivity contribution in [1.29, 1.82) is 0 Å². The Balaban J connectivity index is 1.31. The third-order valence-electron chi connectivity index (χ3n) is 5.67. The van der Waals surface area contributed by atoms with Crippen molar-refractivity contribution in [3.05, 3.63) is 77.9 Å². The maximum absolute atomic E-state index is 13.1. The first kappa shape index (κ1) is 21.5. The minimum absolute atomic E-state index is 0.0496. The molecule has 0 aliphatic carbocycles. The van der Waals surface area contributed by atoms with E-state index in [2.05, 4.69) is 5.32 Å². The Bertz CT molecular complexity index is 1170. The van der Waals surface area contributed by atoms with E-state index in [1.807, 2.05) is 66.4 Å². The van der Waals surface area contributed by atoms with Crippen LogP contribution in [-0.4, -0.2) is 56.3 Å². The second-order valence-electron chi connectivity index (χ2n) is 7.95. The molecule has 31 heavy (non-hydrogen) atoms. The highest BCUT2D eigenvalue weighted by Crippen LogP contribution is 2.22. The molecule has 1 heterocycles. The molecule has 1 fully saturated rings. The number of rotatable bonds is 6. The van der Waals surface area contributed by atoms with Gasteiger partial charge in [-0.2, -0.15) is 4.31 Å². The zero-order valence-electron chi connectivity index (χ0n) is 17.6. The van der Waals surface area contributed by atoms with Crippen LogP contribution < -0.4 is 5.32 Å². The number of sulfonamides is 1. The SMILES string of the molecule is Cc1ccc(CNC(=O)CN2CCN(S(=O)(=O)c3ccc4ccccc4c3)CC2)cc1. The average molecular weight is 438 g/mol. The number of carbonyl (C=O) groups is 1. The van der Waals surface area contributed by atoms with Crippen LogP contribution in [0.1, 0.15) is 11.1 Å². The van der Waals surface area contributed by atoms with E-state index in [-0.39, 0.29) is 12.5 Å². The van der Waals surface area contributed by atoms with Crippen molar-refractivity contribution in [3.63, 3.8) is 0 Å². The largest absolute Gasteiger partial charge is 0.351 e. The summed E-state index contributed by atoms with van der Waals surface area (Å²) in [6.07, 6.45) is 0. The van der Waals surface area contributed by atoms with Crippen molar-refractivity contribution in [3.8, 4) is 0 Å². The van der Waals surface area contributed by atoms with Gasteiger partial charge in [0.15, 0.2) is 0 Å². The van der Waals surface area contributed by atoms with E-state index in [1.165, 1.54) is 9.87 Å². The lowest BCUT2D eigenvalue weighted by atomic mass is 10.1. The van der Waals surface area contributed by atoms with Gasteiger partial charge in [0.1, 0.15) is 0 Å². The molecule has 1 aliphatic rings. The molecule has 6 nitrogen and oxygen atoms in total. The first-order valence-corrected chi connectivity index (χ1v) is 11.9. The normalized spacial score (nSPS) is 15.8. The number of carbonyl (C=O) groups excluding carboxylic acids is 1. The molecule has 0 bridgehead atoms. The highest BCUT2D eigenvalue weighted by molar-refractivity contribution is 7.89. The van der Waals surface area contributed by atoms with E-state index in [0.717, 1.165) is 16.3 Å². The molecule has 1 N–H and O–H groups in total. The topological polar surface area (TPSA) is 69.7 Å². The number of hydrogen-bond donors (Lipinski definition) is 1. The summed E-state index contributed by atoms with van der Waals surface area (Å²) in [5, 5.41) is 4.86. The molecule has 7 heteroatoms. The standard InChI is InChI=1S/C24H27N3O3S/c1-19-6-8-20(9-7-19)17-25-24(28)18-26-12-14-27(15-13-26)31(29,30)23-11-10-21-4-2-3-5-22(21)16-23/h2-11,16H,12-15,17-18H2,1H3,(H,25,28). The minimum atomic E-state index is -3.55. The molecule has 1 saturated heterocycles. The summed E-state index contributed by atoms with van der Waals surface area (Å²) in [4.78, 5) is 14.6. The summed E-state index contributed by atoms with van der Waals surface area (Å²) in [7, 11) is -3.55. The number of piperazine rings is 1. The predicted molar refractivity (Wildman–Crippen MR) is 122 cm³/mol. The highest BCUT2D eigenvalue weighted by Gasteiger charge is 2.29. The van der Waals surface area contributed by atoms with Crippen molar-refractivity contribution in [2.24, 2.45) is 0 Å². The molecule has 0 atom stereocenters. The van der Waals surface area contributed by atoms with Gasteiger partial charge >= 0.3 is 0 Å². The molecule has 0 unspecified atom stereocenters. The maximum Gasteiger partial charge on any atom is 0.243 e. The third-order valence-corrected chi connectivity index (χ3v) is 7.56. The van der Waals surface area contributed by atoms with E-state index < -0.39 is 10.0 Å². The number of nitrogens with one attached hydrogen (secondary N) is 1. The van der Waals surface area contributed by atoms with Gasteiger partial charge in [-0.3, -0.25) is 9.69 Å². The monoisotopic (exact) mass is 437 g/mol. The van der Waals surface area contributed by atoms with Crippen LogP contribution in [0.25, 0.3) is 10.8 Å². The van der Waals surface area contributed by atoms with Crippen LogP contribution in [0.15, 0.2) is 71.6 Å². The zero-order chi connectivity index (χ0) is 21.8. The number of fused-ring (bicyclic) bond motifs is 1. The van der Waals surface area contributed by atoms with Crippen molar-refractivity contribution < 1.29 is 13.2 Å². The fraction of sp³-hybridized carbons (Fsp3) is 0.292. The van der Waals surface area contributed by atoms with Crippen LogP contribution in [0.2, 0.25) is 0 Å². The third kappa shape index (κ3) is 5.12. The van der Waals surface area contributed by atoms with E-state index in [0.29, 0.717) is 37.6 Å². The molecule has 3 aromatic rings. The Morgan fingerprint density at radius 1 is 0.903 bits per heavy atom. The fourth-order valence-corrected chi connectivity index (χ4v) is 5.23.